The molecule has 7 heteroatoms. The lowest BCUT2D eigenvalue weighted by atomic mass is 10.1. The van der Waals surface area contributed by atoms with Gasteiger partial charge in [0.1, 0.15) is 5.03 Å². The number of carbonyl (C=O) groups excluding carboxylic acids is 2. The van der Waals surface area contributed by atoms with Gasteiger partial charge in [-0.2, -0.15) is 0 Å². The van der Waals surface area contributed by atoms with Crippen molar-refractivity contribution >= 4 is 34.9 Å². The van der Waals surface area contributed by atoms with E-state index in [4.69, 9.17) is 0 Å². The van der Waals surface area contributed by atoms with Gasteiger partial charge in [0.15, 0.2) is 4.34 Å². The summed E-state index contributed by atoms with van der Waals surface area (Å²) >= 11 is 2.77. The zero-order valence-corrected chi connectivity index (χ0v) is 10.9. The molecule has 0 spiro atoms. The molecule has 3 heterocycles. The van der Waals surface area contributed by atoms with Crippen molar-refractivity contribution in [2.45, 2.75) is 16.3 Å². The van der Waals surface area contributed by atoms with E-state index in [1.165, 1.54) is 23.1 Å². The van der Waals surface area contributed by atoms with Crippen LogP contribution in [0.2, 0.25) is 0 Å². The maximum Gasteiger partial charge on any atom is 0.261 e. The van der Waals surface area contributed by atoms with Gasteiger partial charge in [-0.05, 0) is 24.8 Å². The number of pyridine rings is 1. The predicted molar refractivity (Wildman–Crippen MR) is 67.0 cm³/mol. The summed E-state index contributed by atoms with van der Waals surface area (Å²) in [5.74, 6) is -0.747. The molecule has 0 bridgehead atoms. The Morgan fingerprint density at radius 3 is 2.89 bits per heavy atom. The van der Waals surface area contributed by atoms with Gasteiger partial charge in [-0.15, -0.1) is 11.3 Å². The molecule has 3 rings (SSSR count). The standard InChI is InChI=1S/C11H7N3O2S2/c1-5-4-6-7(9(16)14-8(6)15)10(13-5)18-11-12-2-3-17-11/h2-4H,1H3,(H,14,15,16). The molecule has 2 aromatic heterocycles. The number of hydrogen-bond donors (Lipinski definition) is 1. The molecule has 2 aromatic rings. The van der Waals surface area contributed by atoms with E-state index in [-0.39, 0.29) is 11.8 Å². The van der Waals surface area contributed by atoms with Gasteiger partial charge < -0.3 is 0 Å². The molecule has 0 radical (unpaired) electrons. The Morgan fingerprint density at radius 2 is 2.17 bits per heavy atom. The maximum atomic E-state index is 11.7. The van der Waals surface area contributed by atoms with E-state index >= 15 is 0 Å². The molecule has 0 atom stereocenters. The van der Waals surface area contributed by atoms with Gasteiger partial charge in [-0.3, -0.25) is 14.9 Å². The van der Waals surface area contributed by atoms with Gasteiger partial charge in [0.2, 0.25) is 0 Å². The Labute approximate surface area is 111 Å². The number of thiazole rings is 1. The molecule has 90 valence electrons. The second kappa shape index (κ2) is 4.18. The van der Waals surface area contributed by atoms with Crippen molar-refractivity contribution in [3.8, 4) is 0 Å². The van der Waals surface area contributed by atoms with Crippen molar-refractivity contribution in [2.24, 2.45) is 0 Å². The van der Waals surface area contributed by atoms with Gasteiger partial charge in [-0.25, -0.2) is 9.97 Å². The summed E-state index contributed by atoms with van der Waals surface area (Å²) in [5, 5.41) is 4.66. The topological polar surface area (TPSA) is 72.0 Å². The Balaban J connectivity index is 2.12. The first-order chi connectivity index (χ1) is 8.65. The zero-order valence-electron chi connectivity index (χ0n) is 9.26. The van der Waals surface area contributed by atoms with E-state index in [0.717, 1.165) is 4.34 Å². The fourth-order valence-electron chi connectivity index (χ4n) is 1.69. The van der Waals surface area contributed by atoms with Crippen molar-refractivity contribution in [1.82, 2.24) is 15.3 Å². The molecule has 1 aliphatic rings. The first-order valence-electron chi connectivity index (χ1n) is 5.10. The van der Waals surface area contributed by atoms with E-state index in [1.54, 1.807) is 19.2 Å². The molecule has 18 heavy (non-hydrogen) atoms. The molecule has 0 saturated heterocycles. The largest absolute Gasteiger partial charge is 0.288 e. The minimum Gasteiger partial charge on any atom is -0.288 e. The number of aromatic nitrogens is 2. The number of nitrogens with one attached hydrogen (secondary N) is 1. The number of nitrogens with zero attached hydrogens (tertiary/aromatic N) is 2. The molecule has 5 nitrogen and oxygen atoms in total. The number of hydrogen-bond acceptors (Lipinski definition) is 6. The summed E-state index contributed by atoms with van der Waals surface area (Å²) in [6.07, 6.45) is 1.69. The molecular formula is C11H7N3O2S2. The summed E-state index contributed by atoms with van der Waals surface area (Å²) in [5.41, 5.74) is 1.45. The van der Waals surface area contributed by atoms with Crippen molar-refractivity contribution in [3.63, 3.8) is 0 Å². The normalized spacial score (nSPS) is 13.6. The molecule has 2 amide bonds. The summed E-state index contributed by atoms with van der Waals surface area (Å²) in [4.78, 5) is 31.8. The lowest BCUT2D eigenvalue weighted by molar-refractivity contribution is 0.0878. The van der Waals surface area contributed by atoms with E-state index in [9.17, 15) is 9.59 Å². The molecule has 0 saturated carbocycles. The minimum absolute atomic E-state index is 0.353. The third kappa shape index (κ3) is 1.81. The fourth-order valence-corrected chi connectivity index (χ4v) is 3.42. The van der Waals surface area contributed by atoms with E-state index in [2.05, 4.69) is 15.3 Å². The van der Waals surface area contributed by atoms with Crippen LogP contribution in [0.3, 0.4) is 0 Å². The third-order valence-electron chi connectivity index (χ3n) is 2.41. The molecule has 0 aliphatic carbocycles. The Morgan fingerprint density at radius 1 is 1.33 bits per heavy atom. The SMILES string of the molecule is Cc1cc2c(c(Sc3nccs3)n1)C(=O)NC2=O. The van der Waals surface area contributed by atoms with E-state index in [1.807, 2.05) is 5.38 Å². The minimum atomic E-state index is -0.387. The van der Waals surface area contributed by atoms with Gasteiger partial charge in [-0.1, -0.05) is 0 Å². The number of rotatable bonds is 2. The van der Waals surface area contributed by atoms with Crippen LogP contribution in [0.15, 0.2) is 27.0 Å². The van der Waals surface area contributed by atoms with Crippen molar-refractivity contribution in [2.75, 3.05) is 0 Å². The van der Waals surface area contributed by atoms with Crippen LogP contribution in [0.5, 0.6) is 0 Å². The van der Waals surface area contributed by atoms with Crippen LogP contribution in [-0.2, 0) is 0 Å². The maximum absolute atomic E-state index is 11.7. The van der Waals surface area contributed by atoms with Gasteiger partial charge >= 0.3 is 0 Å². The van der Waals surface area contributed by atoms with Gasteiger partial charge in [0, 0.05) is 17.3 Å². The fraction of sp³-hybridized carbons (Fsp3) is 0.0909. The molecule has 1 N–H and O–H groups in total. The first-order valence-corrected chi connectivity index (χ1v) is 6.79. The van der Waals surface area contributed by atoms with Crippen LogP contribution in [-0.4, -0.2) is 21.8 Å². The number of carbonyl (C=O) groups is 2. The molecule has 1 aliphatic heterocycles. The van der Waals surface area contributed by atoms with Crippen LogP contribution in [0.4, 0.5) is 0 Å². The Bertz CT molecular complexity index is 653. The lowest BCUT2D eigenvalue weighted by Crippen LogP contribution is -2.20. The van der Waals surface area contributed by atoms with Crippen molar-refractivity contribution < 1.29 is 9.59 Å². The number of aryl methyl sites for hydroxylation is 1. The monoisotopic (exact) mass is 277 g/mol. The van der Waals surface area contributed by atoms with Crippen LogP contribution >= 0.6 is 23.1 Å². The van der Waals surface area contributed by atoms with Crippen molar-refractivity contribution in [1.29, 1.82) is 0 Å². The van der Waals surface area contributed by atoms with Crippen LogP contribution in [0.1, 0.15) is 26.4 Å². The van der Waals surface area contributed by atoms with Gasteiger partial charge in [0.25, 0.3) is 11.8 Å². The summed E-state index contributed by atoms with van der Waals surface area (Å²) in [6.45, 7) is 1.79. The van der Waals surface area contributed by atoms with E-state index in [0.29, 0.717) is 21.8 Å². The third-order valence-corrected chi connectivity index (χ3v) is 4.28. The molecular weight excluding hydrogens is 270 g/mol. The van der Waals surface area contributed by atoms with Crippen LogP contribution in [0, 0.1) is 6.92 Å². The highest BCUT2D eigenvalue weighted by Gasteiger charge is 2.31. The zero-order chi connectivity index (χ0) is 12.7. The quantitative estimate of drug-likeness (QED) is 0.849. The second-order valence-electron chi connectivity index (χ2n) is 3.67. The smallest absolute Gasteiger partial charge is 0.261 e. The Kier molecular flexibility index (Phi) is 2.64. The van der Waals surface area contributed by atoms with Crippen LogP contribution in [0.25, 0.3) is 0 Å². The highest BCUT2D eigenvalue weighted by atomic mass is 32.2. The summed E-state index contributed by atoms with van der Waals surface area (Å²) < 4.78 is 0.794. The molecule has 0 unspecified atom stereocenters. The predicted octanol–water partition coefficient (Wildman–Crippen LogP) is 1.88. The van der Waals surface area contributed by atoms with E-state index < -0.39 is 0 Å². The van der Waals surface area contributed by atoms with Crippen LogP contribution < -0.4 is 5.32 Å². The highest BCUT2D eigenvalue weighted by molar-refractivity contribution is 8.01. The molecule has 0 aromatic carbocycles. The first kappa shape index (κ1) is 11.4. The average Bonchev–Trinajstić information content (AvgIpc) is 2.88. The summed E-state index contributed by atoms with van der Waals surface area (Å²) in [6, 6.07) is 1.63. The Hall–Kier alpha value is -1.73. The molecule has 0 fully saturated rings. The summed E-state index contributed by atoms with van der Waals surface area (Å²) in [7, 11) is 0. The average molecular weight is 277 g/mol. The number of imide groups is 1. The number of fused-ring (bicyclic) bond motifs is 1. The van der Waals surface area contributed by atoms with Gasteiger partial charge in [0.05, 0.1) is 11.1 Å². The number of amides is 2. The van der Waals surface area contributed by atoms with Crippen molar-refractivity contribution in [3.05, 3.63) is 34.5 Å². The second-order valence-corrected chi connectivity index (χ2v) is 5.81. The highest BCUT2D eigenvalue weighted by Crippen LogP contribution is 2.33. The lowest BCUT2D eigenvalue weighted by Gasteiger charge is -2.03.